The first-order chi connectivity index (χ1) is 27.4. The van der Waals surface area contributed by atoms with Crippen LogP contribution in [0.1, 0.15) is 194 Å². The first kappa shape index (κ1) is 53.6. The summed E-state index contributed by atoms with van der Waals surface area (Å²) < 4.78 is 33.5. The fourth-order valence-corrected chi connectivity index (χ4v) is 7.90. The highest BCUT2D eigenvalue weighted by Gasteiger charge is 2.51. The van der Waals surface area contributed by atoms with Crippen molar-refractivity contribution in [3.63, 3.8) is 0 Å². The predicted octanol–water partition coefficient (Wildman–Crippen LogP) is 8.28. The van der Waals surface area contributed by atoms with Gasteiger partial charge in [0.25, 0.3) is 0 Å². The van der Waals surface area contributed by atoms with Crippen LogP contribution in [0.4, 0.5) is 0 Å². The van der Waals surface area contributed by atoms with Crippen molar-refractivity contribution in [1.82, 2.24) is 0 Å². The van der Waals surface area contributed by atoms with Crippen molar-refractivity contribution in [1.29, 1.82) is 0 Å². The highest BCUT2D eigenvalue weighted by Crippen LogP contribution is 2.47. The van der Waals surface area contributed by atoms with Gasteiger partial charge in [-0.2, -0.15) is 0 Å². The van der Waals surface area contributed by atoms with E-state index in [1.165, 1.54) is 89.9 Å². The summed E-state index contributed by atoms with van der Waals surface area (Å²) >= 11 is 0. The zero-order chi connectivity index (χ0) is 42.2. The molecule has 0 bridgehead atoms. The average Bonchev–Trinajstić information content (AvgIpc) is 3.19. The summed E-state index contributed by atoms with van der Waals surface area (Å²) in [5.41, 5.74) is 0. The molecule has 14 heteroatoms. The van der Waals surface area contributed by atoms with E-state index in [-0.39, 0.29) is 12.8 Å². The number of unbranched alkanes of at least 4 members (excludes halogenated alkanes) is 23. The Morgan fingerprint density at radius 3 is 1.33 bits per heavy atom. The van der Waals surface area contributed by atoms with Gasteiger partial charge in [0.05, 0.1) is 6.61 Å². The molecule has 13 nitrogen and oxygen atoms in total. The van der Waals surface area contributed by atoms with E-state index in [9.17, 15) is 44.6 Å². The molecule has 1 saturated carbocycles. The van der Waals surface area contributed by atoms with Crippen molar-refractivity contribution in [3.05, 3.63) is 12.2 Å². The van der Waals surface area contributed by atoms with Gasteiger partial charge in [-0.25, -0.2) is 4.57 Å². The van der Waals surface area contributed by atoms with Crippen molar-refractivity contribution < 1.29 is 63.1 Å². The summed E-state index contributed by atoms with van der Waals surface area (Å²) in [6, 6.07) is 0. The molecule has 57 heavy (non-hydrogen) atoms. The van der Waals surface area contributed by atoms with Gasteiger partial charge in [0.1, 0.15) is 43.2 Å². The number of aliphatic hydroxyl groups is 5. The zero-order valence-electron chi connectivity index (χ0n) is 35.4. The summed E-state index contributed by atoms with van der Waals surface area (Å²) in [5.74, 6) is -1.10. The highest BCUT2D eigenvalue weighted by atomic mass is 31.2. The van der Waals surface area contributed by atoms with Crippen LogP contribution < -0.4 is 0 Å². The van der Waals surface area contributed by atoms with Gasteiger partial charge in [0, 0.05) is 12.8 Å². The Hall–Kier alpha value is -1.41. The number of phosphoric ester groups is 1. The number of phosphoric acid groups is 1. The molecule has 0 aromatic carbocycles. The van der Waals surface area contributed by atoms with Crippen molar-refractivity contribution in [2.45, 2.75) is 236 Å². The lowest BCUT2D eigenvalue weighted by atomic mass is 9.85. The van der Waals surface area contributed by atoms with E-state index in [2.05, 4.69) is 26.0 Å². The van der Waals surface area contributed by atoms with E-state index in [1.54, 1.807) is 0 Å². The maximum absolute atomic E-state index is 12.8. The number of carbonyl (C=O) groups is 2. The van der Waals surface area contributed by atoms with Crippen LogP contribution in [0.15, 0.2) is 12.2 Å². The van der Waals surface area contributed by atoms with Crippen molar-refractivity contribution in [2.24, 2.45) is 0 Å². The zero-order valence-corrected chi connectivity index (χ0v) is 36.3. The average molecular weight is 837 g/mol. The quantitative estimate of drug-likeness (QED) is 0.0151. The highest BCUT2D eigenvalue weighted by molar-refractivity contribution is 7.47. The van der Waals surface area contributed by atoms with Gasteiger partial charge in [0.2, 0.25) is 0 Å². The van der Waals surface area contributed by atoms with E-state index in [0.717, 1.165) is 64.2 Å². The normalized spacial score (nSPS) is 22.7. The van der Waals surface area contributed by atoms with Gasteiger partial charge in [-0.1, -0.05) is 154 Å². The Kier molecular flexibility index (Phi) is 32.3. The topological polar surface area (TPSA) is 210 Å². The number of aliphatic hydroxyl groups excluding tert-OH is 5. The number of carbonyl (C=O) groups excluding carboxylic acids is 2. The van der Waals surface area contributed by atoms with Crippen molar-refractivity contribution in [3.8, 4) is 0 Å². The van der Waals surface area contributed by atoms with Crippen LogP contribution in [0.2, 0.25) is 0 Å². The fourth-order valence-electron chi connectivity index (χ4n) is 6.93. The van der Waals surface area contributed by atoms with Crippen LogP contribution in [0.5, 0.6) is 0 Å². The molecule has 0 aromatic rings. The molecule has 0 heterocycles. The number of esters is 2. The molecule has 6 unspecified atom stereocenters. The molecule has 336 valence electrons. The van der Waals surface area contributed by atoms with E-state index < -0.39 is 75.7 Å². The molecular formula is C43H81O13P. The Bertz CT molecular complexity index is 1060. The summed E-state index contributed by atoms with van der Waals surface area (Å²) in [6.45, 7) is 3.28. The molecule has 0 aliphatic heterocycles. The lowest BCUT2D eigenvalue weighted by Gasteiger charge is -2.41. The van der Waals surface area contributed by atoms with Crippen LogP contribution in [0, 0.1) is 0 Å². The molecule has 0 spiro atoms. The van der Waals surface area contributed by atoms with Crippen LogP contribution in [-0.4, -0.2) is 98.3 Å². The third-order valence-corrected chi connectivity index (χ3v) is 11.6. The molecule has 1 aliphatic carbocycles. The maximum atomic E-state index is 12.8. The first-order valence-electron chi connectivity index (χ1n) is 22.5. The number of hydrogen-bond acceptors (Lipinski definition) is 12. The lowest BCUT2D eigenvalue weighted by Crippen LogP contribution is -2.64. The van der Waals surface area contributed by atoms with Crippen LogP contribution in [0.25, 0.3) is 0 Å². The first-order valence-corrected chi connectivity index (χ1v) is 24.0. The molecule has 0 saturated heterocycles. The number of hydrogen-bond donors (Lipinski definition) is 6. The standard InChI is InChI=1S/C43H81O13P/c1-3-5-7-9-11-13-15-17-18-19-20-22-23-25-27-29-31-36(44)53-33-35(55-37(45)32-30-28-26-24-21-16-14-12-10-8-6-4-2)34-54-57(51,52)56-43-41(49)39(47)38(46)40(48)42(43)50/h18-19,35,38-43,46-50H,3-17,20-34H2,1-2H3,(H,51,52)/b19-18-/t35-,38?,39-,40?,41?,42?,43?/m1/s1. The Morgan fingerprint density at radius 2 is 0.895 bits per heavy atom. The molecule has 1 rings (SSSR count). The second kappa shape index (κ2) is 34.3. The molecule has 1 aliphatic rings. The summed E-state index contributed by atoms with van der Waals surface area (Å²) in [7, 11) is -5.11. The third-order valence-electron chi connectivity index (χ3n) is 10.6. The van der Waals surface area contributed by atoms with Crippen molar-refractivity contribution in [2.75, 3.05) is 13.2 Å². The monoisotopic (exact) mass is 837 g/mol. The van der Waals surface area contributed by atoms with Crippen LogP contribution >= 0.6 is 7.82 Å². The van der Waals surface area contributed by atoms with E-state index >= 15 is 0 Å². The summed E-state index contributed by atoms with van der Waals surface area (Å²) in [6.07, 6.45) is 21.3. The van der Waals surface area contributed by atoms with Crippen molar-refractivity contribution >= 4 is 19.8 Å². The van der Waals surface area contributed by atoms with E-state index in [4.69, 9.17) is 18.5 Å². The van der Waals surface area contributed by atoms with Gasteiger partial charge in [-0.05, 0) is 38.5 Å². The fraction of sp³-hybridized carbons (Fsp3) is 0.907. The molecule has 8 atom stereocenters. The number of allylic oxidation sites excluding steroid dienone is 2. The largest absolute Gasteiger partial charge is 0.472 e. The second-order valence-electron chi connectivity index (χ2n) is 15.9. The lowest BCUT2D eigenvalue weighted by molar-refractivity contribution is -0.220. The minimum absolute atomic E-state index is 0.0999. The minimum Gasteiger partial charge on any atom is -0.462 e. The predicted molar refractivity (Wildman–Crippen MR) is 221 cm³/mol. The molecule has 0 radical (unpaired) electrons. The van der Waals surface area contributed by atoms with Crippen LogP contribution in [-0.2, 0) is 32.7 Å². The Morgan fingerprint density at radius 1 is 0.526 bits per heavy atom. The van der Waals surface area contributed by atoms with E-state index in [0.29, 0.717) is 12.8 Å². The smallest absolute Gasteiger partial charge is 0.462 e. The molecule has 6 N–H and O–H groups in total. The Balaban J connectivity index is 2.46. The minimum atomic E-state index is -5.11. The number of ether oxygens (including phenoxy) is 2. The third kappa shape index (κ3) is 27.1. The van der Waals surface area contributed by atoms with Gasteiger partial charge >= 0.3 is 19.8 Å². The molecule has 1 fully saturated rings. The van der Waals surface area contributed by atoms with E-state index in [1.807, 2.05) is 0 Å². The molecule has 0 aromatic heterocycles. The molecule has 0 amide bonds. The summed E-state index contributed by atoms with van der Waals surface area (Å²) in [4.78, 5) is 35.6. The SMILES string of the molecule is CCCCCCCCC/C=C\CCCCCCCC(=O)OC[C@H](COP(=O)(O)OC1C(O)C(O)C(O)[C@@H](O)C1O)OC(=O)CCCCCCCCCCCCCC. The maximum Gasteiger partial charge on any atom is 0.472 e. The summed E-state index contributed by atoms with van der Waals surface area (Å²) in [5, 5.41) is 50.1. The Labute approximate surface area is 343 Å². The van der Waals surface area contributed by atoms with Gasteiger partial charge in [-0.3, -0.25) is 18.6 Å². The van der Waals surface area contributed by atoms with Gasteiger partial charge in [0.15, 0.2) is 6.10 Å². The number of rotatable bonds is 37. The van der Waals surface area contributed by atoms with Gasteiger partial charge in [-0.15, -0.1) is 0 Å². The van der Waals surface area contributed by atoms with Crippen LogP contribution in [0.3, 0.4) is 0 Å². The second-order valence-corrected chi connectivity index (χ2v) is 17.3. The molecular weight excluding hydrogens is 755 g/mol. The van der Waals surface area contributed by atoms with Gasteiger partial charge < -0.3 is 39.9 Å².